The van der Waals surface area contributed by atoms with Gasteiger partial charge in [0.1, 0.15) is 12.6 Å². The van der Waals surface area contributed by atoms with Gasteiger partial charge in [0.2, 0.25) is 5.91 Å². The molecule has 1 aliphatic heterocycles. The van der Waals surface area contributed by atoms with Gasteiger partial charge in [-0.1, -0.05) is 89.6 Å². The van der Waals surface area contributed by atoms with Crippen molar-refractivity contribution in [2.24, 2.45) is 0 Å². The van der Waals surface area contributed by atoms with Crippen molar-refractivity contribution in [2.75, 3.05) is 19.7 Å². The van der Waals surface area contributed by atoms with E-state index in [0.29, 0.717) is 13.0 Å². The van der Waals surface area contributed by atoms with E-state index < -0.39 is 20.5 Å². The van der Waals surface area contributed by atoms with Gasteiger partial charge in [-0.15, -0.1) is 0 Å². The van der Waals surface area contributed by atoms with E-state index in [0.717, 1.165) is 31.5 Å². The summed E-state index contributed by atoms with van der Waals surface area (Å²) >= 11 is 0. The first-order valence-electron chi connectivity index (χ1n) is 13.9. The number of ether oxygens (including phenoxy) is 1. The highest BCUT2D eigenvalue weighted by Gasteiger charge is 2.34. The van der Waals surface area contributed by atoms with Crippen LogP contribution in [0.15, 0.2) is 30.3 Å². The summed E-state index contributed by atoms with van der Waals surface area (Å²) < 4.78 is 12.2. The fraction of sp³-hybridized carbons (Fsp3) is 0.714. The molecule has 0 radical (unpaired) electrons. The van der Waals surface area contributed by atoms with Crippen LogP contribution in [0.3, 0.4) is 0 Å². The normalized spacial score (nSPS) is 14.7. The maximum atomic E-state index is 13.2. The quantitative estimate of drug-likeness (QED) is 0.241. The number of rotatable bonds is 17. The highest BCUT2D eigenvalue weighted by molar-refractivity contribution is 6.73. The molecule has 35 heavy (non-hydrogen) atoms. The molecule has 2 rings (SSSR count). The van der Waals surface area contributed by atoms with E-state index in [4.69, 9.17) is 9.16 Å². The summed E-state index contributed by atoms with van der Waals surface area (Å²) in [5.74, 6) is -0.00861. The number of hydrogen-bond acceptors (Lipinski definition) is 4. The fourth-order valence-electron chi connectivity index (χ4n) is 4.80. The number of benzene rings is 1. The molecular formula is C28H48N2O4Si. The average molecular weight is 505 g/mol. The topological polar surface area (TPSA) is 67.9 Å². The minimum Gasteiger partial charge on any atom is -0.445 e. The third kappa shape index (κ3) is 10.7. The first-order chi connectivity index (χ1) is 17.0. The second-order valence-electron chi connectivity index (χ2n) is 9.92. The molecule has 0 spiro atoms. The van der Waals surface area contributed by atoms with Crippen LogP contribution in [0.2, 0.25) is 18.1 Å². The molecule has 1 heterocycles. The Kier molecular flexibility index (Phi) is 14.0. The second kappa shape index (κ2) is 16.7. The van der Waals surface area contributed by atoms with Gasteiger partial charge in [-0.05, 0) is 43.0 Å². The van der Waals surface area contributed by atoms with Crippen molar-refractivity contribution in [1.82, 2.24) is 10.2 Å². The molecule has 0 saturated carbocycles. The fourth-order valence-corrected chi connectivity index (χ4v) is 9.53. The van der Waals surface area contributed by atoms with Crippen molar-refractivity contribution in [1.29, 1.82) is 0 Å². The van der Waals surface area contributed by atoms with Gasteiger partial charge in [0.05, 0.1) is 0 Å². The molecule has 1 atom stereocenters. The van der Waals surface area contributed by atoms with E-state index >= 15 is 0 Å². The lowest BCUT2D eigenvalue weighted by atomic mass is 10.2. The van der Waals surface area contributed by atoms with Crippen molar-refractivity contribution < 1.29 is 18.8 Å². The minimum atomic E-state index is -1.86. The van der Waals surface area contributed by atoms with Crippen LogP contribution in [0.4, 0.5) is 4.79 Å². The zero-order valence-electron chi connectivity index (χ0n) is 22.4. The second-order valence-corrected chi connectivity index (χ2v) is 14.1. The predicted octanol–water partition coefficient (Wildman–Crippen LogP) is 6.66. The van der Waals surface area contributed by atoms with Gasteiger partial charge in [0.25, 0.3) is 0 Å². The average Bonchev–Trinajstić information content (AvgIpc) is 3.43. The summed E-state index contributed by atoms with van der Waals surface area (Å²) in [4.78, 5) is 27.7. The molecule has 6 nitrogen and oxygen atoms in total. The smallest absolute Gasteiger partial charge is 0.408 e. The standard InChI is InChI=1S/C28H48N2O4Si/c1-4-7-21-35(22-8-5-2,23-9-6-3)34-20-17-26(27(31)30-18-13-14-19-30)29-28(32)33-24-25-15-11-10-12-16-25/h10-12,15-16,26H,4-9,13-14,17-24H2,1-3H3,(H,29,32)/t26-/m0/s1. The molecule has 1 aromatic carbocycles. The third-order valence-corrected chi connectivity index (χ3v) is 11.6. The highest BCUT2D eigenvalue weighted by atomic mass is 28.4. The number of nitrogens with one attached hydrogen (secondary N) is 1. The van der Waals surface area contributed by atoms with E-state index in [1.54, 1.807) is 0 Å². The minimum absolute atomic E-state index is 0.00861. The number of carbonyl (C=O) groups excluding carboxylic acids is 2. The Balaban J connectivity index is 2.01. The first-order valence-corrected chi connectivity index (χ1v) is 16.5. The van der Waals surface area contributed by atoms with E-state index in [-0.39, 0.29) is 12.5 Å². The summed E-state index contributed by atoms with van der Waals surface area (Å²) in [5, 5.41) is 2.86. The summed E-state index contributed by atoms with van der Waals surface area (Å²) in [6.45, 7) is 8.97. The summed E-state index contributed by atoms with van der Waals surface area (Å²) in [6.07, 6.45) is 9.17. The molecule has 0 unspecified atom stereocenters. The summed E-state index contributed by atoms with van der Waals surface area (Å²) in [5.41, 5.74) is 0.923. The van der Waals surface area contributed by atoms with Crippen molar-refractivity contribution in [3.63, 3.8) is 0 Å². The molecule has 0 bridgehead atoms. The van der Waals surface area contributed by atoms with Crippen LogP contribution < -0.4 is 5.32 Å². The van der Waals surface area contributed by atoms with Crippen molar-refractivity contribution >= 4 is 20.3 Å². The molecule has 198 valence electrons. The summed E-state index contributed by atoms with van der Waals surface area (Å²) in [6, 6.07) is 12.6. The predicted molar refractivity (Wildman–Crippen MR) is 145 cm³/mol. The SMILES string of the molecule is CCCC[Si](CCCC)(CCCC)OCC[C@H](NC(=O)OCc1ccccc1)C(=O)N1CCCC1. The van der Waals surface area contributed by atoms with Crippen molar-refractivity contribution in [3.8, 4) is 0 Å². The maximum absolute atomic E-state index is 13.2. The number of alkyl carbamates (subject to hydrolysis) is 1. The van der Waals surface area contributed by atoms with Gasteiger partial charge in [-0.25, -0.2) is 4.79 Å². The Hall–Kier alpha value is -1.86. The molecule has 1 fully saturated rings. The van der Waals surface area contributed by atoms with Gasteiger partial charge in [-0.3, -0.25) is 4.79 Å². The molecule has 1 N–H and O–H groups in total. The highest BCUT2D eigenvalue weighted by Crippen LogP contribution is 2.30. The van der Waals surface area contributed by atoms with E-state index in [1.807, 2.05) is 35.2 Å². The molecule has 0 aliphatic carbocycles. The van der Waals surface area contributed by atoms with Crippen LogP contribution in [-0.2, 0) is 20.6 Å². The Bertz CT molecular complexity index is 703. The van der Waals surface area contributed by atoms with Gasteiger partial charge in [0, 0.05) is 19.7 Å². The number of carbonyl (C=O) groups is 2. The zero-order chi connectivity index (χ0) is 25.4. The largest absolute Gasteiger partial charge is 0.445 e. The zero-order valence-corrected chi connectivity index (χ0v) is 23.4. The monoisotopic (exact) mass is 504 g/mol. The molecule has 0 aromatic heterocycles. The lowest BCUT2D eigenvalue weighted by molar-refractivity contribution is -0.132. The van der Waals surface area contributed by atoms with Crippen molar-refractivity contribution in [3.05, 3.63) is 35.9 Å². The Morgan fingerprint density at radius 3 is 2.06 bits per heavy atom. The maximum Gasteiger partial charge on any atom is 0.408 e. The number of unbranched alkanes of at least 4 members (excludes halogenated alkanes) is 3. The molecule has 1 aliphatic rings. The Morgan fingerprint density at radius 1 is 0.943 bits per heavy atom. The van der Waals surface area contributed by atoms with E-state index in [2.05, 4.69) is 26.1 Å². The lowest BCUT2D eigenvalue weighted by Crippen LogP contribution is -2.49. The molecular weight excluding hydrogens is 456 g/mol. The Morgan fingerprint density at radius 2 is 1.51 bits per heavy atom. The number of amides is 2. The van der Waals surface area contributed by atoms with Gasteiger partial charge in [-0.2, -0.15) is 0 Å². The number of hydrogen-bond donors (Lipinski definition) is 1. The van der Waals surface area contributed by atoms with Crippen molar-refractivity contribution in [2.45, 2.75) is 109 Å². The van der Waals surface area contributed by atoms with Crippen LogP contribution >= 0.6 is 0 Å². The van der Waals surface area contributed by atoms with Gasteiger partial charge >= 0.3 is 6.09 Å². The van der Waals surface area contributed by atoms with Gasteiger partial charge in [0.15, 0.2) is 8.32 Å². The Labute approximate surface area is 214 Å². The van der Waals surface area contributed by atoms with Crippen LogP contribution in [-0.4, -0.2) is 51.0 Å². The molecule has 1 aromatic rings. The first kappa shape index (κ1) is 29.4. The van der Waals surface area contributed by atoms with Crippen LogP contribution in [0.1, 0.15) is 84.1 Å². The number of nitrogens with zero attached hydrogens (tertiary/aromatic N) is 1. The molecule has 2 amide bonds. The van der Waals surface area contributed by atoms with Crippen LogP contribution in [0.5, 0.6) is 0 Å². The van der Waals surface area contributed by atoms with Crippen LogP contribution in [0.25, 0.3) is 0 Å². The van der Waals surface area contributed by atoms with Gasteiger partial charge < -0.3 is 19.4 Å². The summed E-state index contributed by atoms with van der Waals surface area (Å²) in [7, 11) is -1.86. The lowest BCUT2D eigenvalue weighted by Gasteiger charge is -2.33. The molecule has 7 heteroatoms. The number of likely N-dealkylation sites (tertiary alicyclic amines) is 1. The van der Waals surface area contributed by atoms with Crippen LogP contribution in [0, 0.1) is 0 Å². The van der Waals surface area contributed by atoms with E-state index in [1.165, 1.54) is 56.7 Å². The molecule has 1 saturated heterocycles. The van der Waals surface area contributed by atoms with E-state index in [9.17, 15) is 9.59 Å². The third-order valence-electron chi connectivity index (χ3n) is 6.99.